The van der Waals surface area contributed by atoms with Gasteiger partial charge in [0, 0.05) is 24.2 Å². The van der Waals surface area contributed by atoms with Crippen LogP contribution in [0.5, 0.6) is 0 Å². The third kappa shape index (κ3) is 3.24. The third-order valence-corrected chi connectivity index (χ3v) is 3.44. The van der Waals surface area contributed by atoms with E-state index in [-0.39, 0.29) is 0 Å². The first kappa shape index (κ1) is 12.0. The summed E-state index contributed by atoms with van der Waals surface area (Å²) in [5.41, 5.74) is 2.13. The van der Waals surface area contributed by atoms with Crippen molar-refractivity contribution in [3.8, 4) is 0 Å². The average molecular weight is 273 g/mol. The number of aliphatic imine (C=N–C) groups is 1. The van der Waals surface area contributed by atoms with Gasteiger partial charge >= 0.3 is 0 Å². The van der Waals surface area contributed by atoms with Crippen molar-refractivity contribution in [1.29, 1.82) is 0 Å². The van der Waals surface area contributed by atoms with Crippen molar-refractivity contribution in [3.05, 3.63) is 25.1 Å². The summed E-state index contributed by atoms with van der Waals surface area (Å²) in [5.74, 6) is 0.320. The maximum atomic E-state index is 10.4. The first-order valence-electron chi connectivity index (χ1n) is 5.03. The number of nitrogens with one attached hydrogen (secondary N) is 2. The van der Waals surface area contributed by atoms with E-state index >= 15 is 0 Å². The van der Waals surface area contributed by atoms with Gasteiger partial charge in [0.1, 0.15) is 0 Å². The fraction of sp³-hybridized carbons (Fsp3) is 0.500. The zero-order valence-electron chi connectivity index (χ0n) is 8.88. The Balaban J connectivity index is 2.07. The molecule has 2 heterocycles. The van der Waals surface area contributed by atoms with Crippen LogP contribution < -0.4 is 5.43 Å². The van der Waals surface area contributed by atoms with Crippen LogP contribution in [0, 0.1) is 14.1 Å². The largest absolute Gasteiger partial charge is 0.343 e. The number of rotatable bonds is 3. The molecule has 0 aromatic carbocycles. The van der Waals surface area contributed by atoms with Crippen LogP contribution in [0.1, 0.15) is 11.3 Å². The minimum absolute atomic E-state index is 0.320. The Labute approximate surface area is 106 Å². The SMILES string of the molecule is O=[N+]([O-])NC1=NCCCN1Cc1c[nH]c(=S)s1. The summed E-state index contributed by atoms with van der Waals surface area (Å²) < 4.78 is 0.706. The predicted octanol–water partition coefficient (Wildman–Crippen LogP) is 1.15. The molecule has 2 N–H and O–H groups in total. The minimum atomic E-state index is -0.587. The summed E-state index contributed by atoms with van der Waals surface area (Å²) in [7, 11) is 0. The predicted molar refractivity (Wildman–Crippen MR) is 67.0 cm³/mol. The van der Waals surface area contributed by atoms with Crippen molar-refractivity contribution in [2.24, 2.45) is 4.99 Å². The molecular formula is C8H11N5O2S2. The highest BCUT2D eigenvalue weighted by Crippen LogP contribution is 2.13. The number of hydrazine groups is 1. The molecule has 0 radical (unpaired) electrons. The molecule has 92 valence electrons. The van der Waals surface area contributed by atoms with E-state index in [1.165, 1.54) is 11.3 Å². The van der Waals surface area contributed by atoms with Crippen molar-refractivity contribution >= 4 is 29.5 Å². The summed E-state index contributed by atoms with van der Waals surface area (Å²) in [6, 6.07) is 0. The molecule has 1 aromatic heterocycles. The first-order valence-corrected chi connectivity index (χ1v) is 6.25. The number of nitro groups is 1. The lowest BCUT2D eigenvalue weighted by Crippen LogP contribution is -2.46. The Morgan fingerprint density at radius 1 is 1.76 bits per heavy atom. The van der Waals surface area contributed by atoms with Gasteiger partial charge in [-0.3, -0.25) is 0 Å². The van der Waals surface area contributed by atoms with Crippen LogP contribution in [-0.2, 0) is 6.54 Å². The Morgan fingerprint density at radius 2 is 2.59 bits per heavy atom. The molecule has 1 aromatic rings. The van der Waals surface area contributed by atoms with Crippen molar-refractivity contribution in [2.75, 3.05) is 13.1 Å². The molecule has 0 amide bonds. The van der Waals surface area contributed by atoms with Crippen molar-refractivity contribution in [1.82, 2.24) is 15.3 Å². The van der Waals surface area contributed by atoms with E-state index in [0.717, 1.165) is 17.8 Å². The topological polar surface area (TPSA) is 86.6 Å². The number of guanidine groups is 1. The standard InChI is InChI=1S/C8H11N5O2S2/c14-13(15)11-7-9-2-1-3-12(7)5-6-4-10-8(16)17-6/h4H,1-3,5H2,(H,9,11)(H,10,16). The fourth-order valence-corrected chi connectivity index (χ4v) is 2.65. The molecule has 0 unspecified atom stereocenters. The maximum absolute atomic E-state index is 10.4. The van der Waals surface area contributed by atoms with Crippen molar-refractivity contribution in [3.63, 3.8) is 0 Å². The van der Waals surface area contributed by atoms with Crippen LogP contribution in [0.25, 0.3) is 0 Å². The molecule has 1 aliphatic rings. The lowest BCUT2D eigenvalue weighted by Gasteiger charge is -2.26. The van der Waals surface area contributed by atoms with E-state index < -0.39 is 5.03 Å². The molecule has 0 saturated heterocycles. The second-order valence-corrected chi connectivity index (χ2v) is 5.30. The van der Waals surface area contributed by atoms with Gasteiger partial charge in [0.05, 0.1) is 6.54 Å². The van der Waals surface area contributed by atoms with Crippen LogP contribution in [0.2, 0.25) is 0 Å². The molecule has 0 bridgehead atoms. The summed E-state index contributed by atoms with van der Waals surface area (Å²) in [5, 5.41) is 9.85. The fourth-order valence-electron chi connectivity index (χ4n) is 1.58. The summed E-state index contributed by atoms with van der Waals surface area (Å²) in [4.78, 5) is 20.4. The van der Waals surface area contributed by atoms with Crippen molar-refractivity contribution in [2.45, 2.75) is 13.0 Å². The van der Waals surface area contributed by atoms with Gasteiger partial charge in [0.25, 0.3) is 5.96 Å². The number of H-pyrrole nitrogens is 1. The van der Waals surface area contributed by atoms with Gasteiger partial charge in [0.2, 0.25) is 0 Å². The lowest BCUT2D eigenvalue weighted by molar-refractivity contribution is -0.526. The summed E-state index contributed by atoms with van der Waals surface area (Å²) in [6.07, 6.45) is 2.73. The highest BCUT2D eigenvalue weighted by molar-refractivity contribution is 7.73. The van der Waals surface area contributed by atoms with E-state index in [9.17, 15) is 10.1 Å². The van der Waals surface area contributed by atoms with Crippen LogP contribution in [0.15, 0.2) is 11.2 Å². The quantitative estimate of drug-likeness (QED) is 0.490. The monoisotopic (exact) mass is 273 g/mol. The molecule has 17 heavy (non-hydrogen) atoms. The van der Waals surface area contributed by atoms with Gasteiger partial charge in [0.15, 0.2) is 8.99 Å². The van der Waals surface area contributed by atoms with Gasteiger partial charge in [-0.15, -0.1) is 11.3 Å². The molecule has 0 atom stereocenters. The Morgan fingerprint density at radius 3 is 3.24 bits per heavy atom. The molecule has 7 nitrogen and oxygen atoms in total. The van der Waals surface area contributed by atoms with Crippen molar-refractivity contribution < 1.29 is 5.03 Å². The zero-order chi connectivity index (χ0) is 12.3. The highest BCUT2D eigenvalue weighted by atomic mass is 32.1. The van der Waals surface area contributed by atoms with Gasteiger partial charge in [-0.05, 0) is 18.6 Å². The first-order chi connectivity index (χ1) is 8.15. The smallest absolute Gasteiger partial charge is 0.257 e. The number of hydrogen-bond acceptors (Lipinski definition) is 6. The number of hydrogen-bond donors (Lipinski definition) is 2. The minimum Gasteiger partial charge on any atom is -0.343 e. The van der Waals surface area contributed by atoms with Gasteiger partial charge in [-0.1, -0.05) is 5.43 Å². The van der Waals surface area contributed by atoms with Gasteiger partial charge in [-0.25, -0.2) is 15.1 Å². The van der Waals surface area contributed by atoms with Crippen LogP contribution in [0.4, 0.5) is 0 Å². The van der Waals surface area contributed by atoms with E-state index in [2.05, 4.69) is 15.4 Å². The highest BCUT2D eigenvalue weighted by Gasteiger charge is 2.19. The van der Waals surface area contributed by atoms with E-state index in [1.54, 1.807) is 0 Å². The Kier molecular flexibility index (Phi) is 3.69. The summed E-state index contributed by atoms with van der Waals surface area (Å²) in [6.45, 7) is 1.96. The number of aromatic nitrogens is 1. The second-order valence-electron chi connectivity index (χ2n) is 3.49. The van der Waals surface area contributed by atoms with Crippen LogP contribution in [0.3, 0.4) is 0 Å². The number of nitrogens with zero attached hydrogens (tertiary/aromatic N) is 3. The maximum Gasteiger partial charge on any atom is 0.257 e. The molecule has 0 aliphatic carbocycles. The normalized spacial score (nSPS) is 15.5. The van der Waals surface area contributed by atoms with E-state index in [4.69, 9.17) is 12.2 Å². The number of thiazole rings is 1. The molecule has 0 spiro atoms. The van der Waals surface area contributed by atoms with Gasteiger partial charge < -0.3 is 9.88 Å². The molecule has 9 heteroatoms. The molecule has 2 rings (SSSR count). The van der Waals surface area contributed by atoms with Crippen LogP contribution in [-0.4, -0.2) is 34.0 Å². The molecule has 0 fully saturated rings. The third-order valence-electron chi connectivity index (χ3n) is 2.26. The Bertz CT molecular complexity index is 494. The van der Waals surface area contributed by atoms with Gasteiger partial charge in [-0.2, -0.15) is 0 Å². The summed E-state index contributed by atoms with van der Waals surface area (Å²) >= 11 is 6.46. The van der Waals surface area contributed by atoms with E-state index in [1.807, 2.05) is 11.1 Å². The number of aromatic amines is 1. The van der Waals surface area contributed by atoms with E-state index in [0.29, 0.717) is 23.0 Å². The molecule has 0 saturated carbocycles. The second kappa shape index (κ2) is 5.23. The molecule has 1 aliphatic heterocycles. The molecular weight excluding hydrogens is 262 g/mol. The Hall–Kier alpha value is -1.48. The van der Waals surface area contributed by atoms with Crippen LogP contribution >= 0.6 is 23.6 Å². The average Bonchev–Trinajstić information content (AvgIpc) is 2.66. The lowest BCUT2D eigenvalue weighted by atomic mass is 10.3. The zero-order valence-corrected chi connectivity index (χ0v) is 10.5.